The van der Waals surface area contributed by atoms with Crippen molar-refractivity contribution < 1.29 is 9.90 Å². The van der Waals surface area contributed by atoms with Gasteiger partial charge in [0.25, 0.3) is 5.91 Å². The number of aliphatic hydroxyl groups is 1. The number of halogens is 1. The Labute approximate surface area is 124 Å². The first-order valence-electron chi connectivity index (χ1n) is 6.68. The minimum absolute atomic E-state index is 0.194. The van der Waals surface area contributed by atoms with Gasteiger partial charge < -0.3 is 14.9 Å². The van der Waals surface area contributed by atoms with Gasteiger partial charge in [0.1, 0.15) is 5.15 Å². The van der Waals surface area contributed by atoms with E-state index in [9.17, 15) is 9.90 Å². The van der Waals surface area contributed by atoms with Crippen LogP contribution in [-0.4, -0.2) is 65.1 Å². The third-order valence-corrected chi connectivity index (χ3v) is 4.09. The van der Waals surface area contributed by atoms with Crippen molar-refractivity contribution in [2.75, 3.05) is 33.7 Å². The van der Waals surface area contributed by atoms with Crippen LogP contribution in [0.4, 0.5) is 0 Å². The minimum Gasteiger partial charge on any atom is -0.388 e. The van der Waals surface area contributed by atoms with Crippen molar-refractivity contribution in [1.29, 1.82) is 0 Å². The van der Waals surface area contributed by atoms with E-state index >= 15 is 0 Å². The van der Waals surface area contributed by atoms with Gasteiger partial charge in [-0.25, -0.2) is 4.98 Å². The van der Waals surface area contributed by atoms with E-state index in [0.29, 0.717) is 24.9 Å². The predicted molar refractivity (Wildman–Crippen MR) is 77.9 cm³/mol. The van der Waals surface area contributed by atoms with E-state index in [1.807, 2.05) is 7.05 Å². The Morgan fingerprint density at radius 2 is 2.20 bits per heavy atom. The lowest BCUT2D eigenvalue weighted by Gasteiger charge is -2.38. The molecule has 110 valence electrons. The summed E-state index contributed by atoms with van der Waals surface area (Å²) in [7, 11) is 3.71. The van der Waals surface area contributed by atoms with Crippen molar-refractivity contribution in [3.63, 3.8) is 0 Å². The maximum Gasteiger partial charge on any atom is 0.256 e. The normalized spacial score (nSPS) is 18.8. The summed E-state index contributed by atoms with van der Waals surface area (Å²) >= 11 is 5.93. The van der Waals surface area contributed by atoms with Gasteiger partial charge in [-0.05, 0) is 32.0 Å². The van der Waals surface area contributed by atoms with E-state index in [-0.39, 0.29) is 11.1 Å². The Morgan fingerprint density at radius 1 is 1.55 bits per heavy atom. The topological polar surface area (TPSA) is 56.7 Å². The molecule has 1 amide bonds. The first kappa shape index (κ1) is 15.2. The zero-order valence-electron chi connectivity index (χ0n) is 11.8. The Kier molecular flexibility index (Phi) is 4.62. The third-order valence-electron chi connectivity index (χ3n) is 3.79. The molecule has 0 unspecified atom stereocenters. The van der Waals surface area contributed by atoms with Crippen LogP contribution in [0.2, 0.25) is 5.15 Å². The number of carbonyl (C=O) groups is 1. The summed E-state index contributed by atoms with van der Waals surface area (Å²) in [5.41, 5.74) is -0.445. The monoisotopic (exact) mass is 297 g/mol. The van der Waals surface area contributed by atoms with E-state index in [2.05, 4.69) is 9.88 Å². The summed E-state index contributed by atoms with van der Waals surface area (Å²) in [5, 5.41) is 10.7. The molecule has 1 fully saturated rings. The molecule has 1 aliphatic rings. The van der Waals surface area contributed by atoms with Crippen LogP contribution in [-0.2, 0) is 0 Å². The standard InChI is InChI=1S/C14H20ClN3O2/c1-17-8-5-14(20,6-9-17)10-18(2)13(19)11-4-3-7-16-12(11)15/h3-4,7,20H,5-6,8-10H2,1-2H3. The van der Waals surface area contributed by atoms with E-state index < -0.39 is 5.60 Å². The van der Waals surface area contributed by atoms with Gasteiger partial charge in [-0.1, -0.05) is 11.6 Å². The molecular weight excluding hydrogens is 278 g/mol. The van der Waals surface area contributed by atoms with Crippen LogP contribution >= 0.6 is 11.6 Å². The first-order chi connectivity index (χ1) is 9.41. The van der Waals surface area contributed by atoms with Crippen molar-refractivity contribution in [3.05, 3.63) is 29.0 Å². The van der Waals surface area contributed by atoms with E-state index in [1.54, 1.807) is 25.4 Å². The molecule has 1 aliphatic heterocycles. The van der Waals surface area contributed by atoms with Gasteiger partial charge in [0.05, 0.1) is 11.2 Å². The highest BCUT2D eigenvalue weighted by molar-refractivity contribution is 6.32. The summed E-state index contributed by atoms with van der Waals surface area (Å²) in [6, 6.07) is 3.32. The van der Waals surface area contributed by atoms with Crippen LogP contribution < -0.4 is 0 Å². The quantitative estimate of drug-likeness (QED) is 0.854. The van der Waals surface area contributed by atoms with Crippen LogP contribution in [0.25, 0.3) is 0 Å². The third kappa shape index (κ3) is 3.48. The fourth-order valence-electron chi connectivity index (χ4n) is 2.46. The first-order valence-corrected chi connectivity index (χ1v) is 7.06. The molecule has 0 aliphatic carbocycles. The molecule has 0 saturated carbocycles. The fraction of sp³-hybridized carbons (Fsp3) is 0.571. The van der Waals surface area contributed by atoms with Gasteiger partial charge in [0, 0.05) is 32.9 Å². The number of hydrogen-bond donors (Lipinski definition) is 1. The highest BCUT2D eigenvalue weighted by Crippen LogP contribution is 2.23. The number of rotatable bonds is 3. The molecule has 0 radical (unpaired) electrons. The number of amides is 1. The second kappa shape index (κ2) is 6.08. The summed E-state index contributed by atoms with van der Waals surface area (Å²) < 4.78 is 0. The van der Waals surface area contributed by atoms with Crippen molar-refractivity contribution in [2.45, 2.75) is 18.4 Å². The number of pyridine rings is 1. The molecule has 2 rings (SSSR count). The van der Waals surface area contributed by atoms with Crippen LogP contribution in [0.1, 0.15) is 23.2 Å². The number of likely N-dealkylation sites (N-methyl/N-ethyl adjacent to an activating group) is 1. The molecule has 2 heterocycles. The molecule has 20 heavy (non-hydrogen) atoms. The lowest BCUT2D eigenvalue weighted by Crippen LogP contribution is -2.50. The Morgan fingerprint density at radius 3 is 2.80 bits per heavy atom. The number of piperidine rings is 1. The van der Waals surface area contributed by atoms with Gasteiger partial charge in [0.2, 0.25) is 0 Å². The highest BCUT2D eigenvalue weighted by Gasteiger charge is 2.33. The van der Waals surface area contributed by atoms with Crippen LogP contribution in [0.15, 0.2) is 18.3 Å². The van der Waals surface area contributed by atoms with Gasteiger partial charge in [-0.3, -0.25) is 4.79 Å². The number of nitrogens with zero attached hydrogens (tertiary/aromatic N) is 3. The summed E-state index contributed by atoms with van der Waals surface area (Å²) in [6.45, 7) is 1.99. The number of likely N-dealkylation sites (tertiary alicyclic amines) is 1. The molecule has 5 nitrogen and oxygen atoms in total. The zero-order chi connectivity index (χ0) is 14.8. The molecule has 1 saturated heterocycles. The van der Waals surface area contributed by atoms with Crippen LogP contribution in [0, 0.1) is 0 Å². The molecule has 0 atom stereocenters. The lowest BCUT2D eigenvalue weighted by molar-refractivity contribution is -0.0330. The number of hydrogen-bond acceptors (Lipinski definition) is 4. The maximum atomic E-state index is 12.3. The summed E-state index contributed by atoms with van der Waals surface area (Å²) in [4.78, 5) is 19.9. The van der Waals surface area contributed by atoms with Gasteiger partial charge in [0.15, 0.2) is 0 Å². The van der Waals surface area contributed by atoms with Crippen molar-refractivity contribution >= 4 is 17.5 Å². The highest BCUT2D eigenvalue weighted by atomic mass is 35.5. The van der Waals surface area contributed by atoms with Gasteiger partial charge >= 0.3 is 0 Å². The Balaban J connectivity index is 2.03. The van der Waals surface area contributed by atoms with E-state index in [1.165, 1.54) is 4.90 Å². The largest absolute Gasteiger partial charge is 0.388 e. The molecule has 0 aromatic carbocycles. The Hall–Kier alpha value is -1.17. The van der Waals surface area contributed by atoms with Crippen molar-refractivity contribution in [3.8, 4) is 0 Å². The summed E-state index contributed by atoms with van der Waals surface area (Å²) in [5.74, 6) is -0.213. The van der Waals surface area contributed by atoms with E-state index in [4.69, 9.17) is 11.6 Å². The van der Waals surface area contributed by atoms with Gasteiger partial charge in [-0.15, -0.1) is 0 Å². The molecule has 6 heteroatoms. The second-order valence-corrected chi connectivity index (χ2v) is 5.89. The maximum absolute atomic E-state index is 12.3. The van der Waals surface area contributed by atoms with Crippen LogP contribution in [0.5, 0.6) is 0 Å². The lowest BCUT2D eigenvalue weighted by atomic mass is 9.91. The van der Waals surface area contributed by atoms with Crippen molar-refractivity contribution in [2.24, 2.45) is 0 Å². The van der Waals surface area contributed by atoms with E-state index in [0.717, 1.165) is 13.1 Å². The SMILES string of the molecule is CN1CCC(O)(CN(C)C(=O)c2cccnc2Cl)CC1. The average molecular weight is 298 g/mol. The second-order valence-electron chi connectivity index (χ2n) is 5.53. The Bertz CT molecular complexity index is 487. The zero-order valence-corrected chi connectivity index (χ0v) is 12.6. The summed E-state index contributed by atoms with van der Waals surface area (Å²) in [6.07, 6.45) is 2.88. The predicted octanol–water partition coefficient (Wildman–Crippen LogP) is 1.26. The molecular formula is C14H20ClN3O2. The fourth-order valence-corrected chi connectivity index (χ4v) is 2.66. The van der Waals surface area contributed by atoms with Crippen LogP contribution in [0.3, 0.4) is 0 Å². The number of carbonyl (C=O) groups excluding carboxylic acids is 1. The molecule has 0 spiro atoms. The average Bonchev–Trinajstić information content (AvgIpc) is 2.42. The minimum atomic E-state index is -0.814. The smallest absolute Gasteiger partial charge is 0.256 e. The molecule has 1 aromatic rings. The molecule has 0 bridgehead atoms. The van der Waals surface area contributed by atoms with Gasteiger partial charge in [-0.2, -0.15) is 0 Å². The number of aromatic nitrogens is 1. The molecule has 1 aromatic heterocycles. The van der Waals surface area contributed by atoms with Crippen molar-refractivity contribution in [1.82, 2.24) is 14.8 Å². The molecule has 1 N–H and O–H groups in total.